The van der Waals surface area contributed by atoms with Gasteiger partial charge in [0.15, 0.2) is 6.04 Å². The molecule has 1 aromatic rings. The molecule has 0 spiro atoms. The van der Waals surface area contributed by atoms with Crippen LogP contribution in [0.2, 0.25) is 0 Å². The van der Waals surface area contributed by atoms with Gasteiger partial charge in [-0.05, 0) is 40.2 Å². The van der Waals surface area contributed by atoms with Crippen LogP contribution in [0.4, 0.5) is 4.79 Å². The number of carboxylic acid groups (broad SMARTS) is 1. The van der Waals surface area contributed by atoms with Crippen molar-refractivity contribution in [1.82, 2.24) is 10.2 Å². The van der Waals surface area contributed by atoms with E-state index < -0.39 is 35.2 Å². The van der Waals surface area contributed by atoms with E-state index in [1.54, 1.807) is 20.8 Å². The van der Waals surface area contributed by atoms with E-state index in [4.69, 9.17) is 9.47 Å². The highest BCUT2D eigenvalue weighted by Gasteiger charge is 2.39. The van der Waals surface area contributed by atoms with E-state index in [0.29, 0.717) is 0 Å². The van der Waals surface area contributed by atoms with Gasteiger partial charge < -0.3 is 19.9 Å². The molecule has 0 saturated heterocycles. The summed E-state index contributed by atoms with van der Waals surface area (Å²) in [6.07, 6.45) is -0.681. The lowest BCUT2D eigenvalue weighted by molar-refractivity contribution is -0.145. The number of ether oxygens (including phenoxy) is 2. The van der Waals surface area contributed by atoms with E-state index in [1.807, 2.05) is 30.3 Å². The minimum Gasteiger partial charge on any atom is -0.480 e. The summed E-state index contributed by atoms with van der Waals surface area (Å²) in [5.74, 6) is -1.85. The van der Waals surface area contributed by atoms with Crippen LogP contribution in [0.5, 0.6) is 0 Å². The van der Waals surface area contributed by atoms with Crippen molar-refractivity contribution in [2.75, 3.05) is 13.7 Å². The fourth-order valence-electron chi connectivity index (χ4n) is 2.09. The predicted octanol–water partition coefficient (Wildman–Crippen LogP) is 2.42. The molecular weight excluding hydrogens is 364 g/mol. The standard InChI is InChI=1S/C20H30N2O6/c1-19(2,3)28-18(26)22(6)20(4,5)17(25)21-15(16(23)24)13-27-12-14-10-8-7-9-11-14/h7-11,15H,12-13H2,1-6H3,(H,21,25)(H,23,24)/t15-/m1/s1. The van der Waals surface area contributed by atoms with E-state index in [-0.39, 0.29) is 13.2 Å². The van der Waals surface area contributed by atoms with Crippen LogP contribution < -0.4 is 5.32 Å². The van der Waals surface area contributed by atoms with Gasteiger partial charge in [0.2, 0.25) is 5.91 Å². The normalized spacial score (nSPS) is 12.8. The van der Waals surface area contributed by atoms with Crippen LogP contribution in [0.25, 0.3) is 0 Å². The monoisotopic (exact) mass is 394 g/mol. The first-order chi connectivity index (χ1) is 12.8. The van der Waals surface area contributed by atoms with Gasteiger partial charge in [0.1, 0.15) is 11.1 Å². The van der Waals surface area contributed by atoms with Crippen LogP contribution in [0.1, 0.15) is 40.2 Å². The third kappa shape index (κ3) is 7.19. The number of aliphatic carboxylic acids is 1. The highest BCUT2D eigenvalue weighted by atomic mass is 16.6. The molecule has 8 heteroatoms. The molecule has 0 aliphatic heterocycles. The summed E-state index contributed by atoms with van der Waals surface area (Å²) in [5.41, 5.74) is -1.15. The molecule has 0 fully saturated rings. The zero-order valence-corrected chi connectivity index (χ0v) is 17.3. The first-order valence-corrected chi connectivity index (χ1v) is 8.97. The van der Waals surface area contributed by atoms with Crippen LogP contribution >= 0.6 is 0 Å². The zero-order chi connectivity index (χ0) is 21.5. The van der Waals surface area contributed by atoms with Crippen molar-refractivity contribution in [2.24, 2.45) is 0 Å². The molecule has 1 atom stereocenters. The van der Waals surface area contributed by atoms with Gasteiger partial charge in [0.05, 0.1) is 13.2 Å². The number of hydrogen-bond acceptors (Lipinski definition) is 5. The third-order valence-corrected chi connectivity index (χ3v) is 4.06. The van der Waals surface area contributed by atoms with Crippen molar-refractivity contribution in [3.8, 4) is 0 Å². The van der Waals surface area contributed by atoms with Gasteiger partial charge in [-0.15, -0.1) is 0 Å². The molecule has 1 rings (SSSR count). The summed E-state index contributed by atoms with van der Waals surface area (Å²) >= 11 is 0. The first kappa shape index (κ1) is 23.4. The Hall–Kier alpha value is -2.61. The van der Waals surface area contributed by atoms with Gasteiger partial charge in [0.25, 0.3) is 0 Å². The lowest BCUT2D eigenvalue weighted by Crippen LogP contribution is -2.59. The molecule has 8 nitrogen and oxygen atoms in total. The highest BCUT2D eigenvalue weighted by Crippen LogP contribution is 2.18. The molecule has 0 aromatic heterocycles. The number of nitrogens with one attached hydrogen (secondary N) is 1. The van der Waals surface area contributed by atoms with E-state index >= 15 is 0 Å². The summed E-state index contributed by atoms with van der Waals surface area (Å²) < 4.78 is 10.7. The largest absolute Gasteiger partial charge is 0.480 e. The first-order valence-electron chi connectivity index (χ1n) is 8.97. The Morgan fingerprint density at radius 3 is 2.18 bits per heavy atom. The molecule has 0 heterocycles. The van der Waals surface area contributed by atoms with Crippen molar-refractivity contribution >= 4 is 18.0 Å². The Morgan fingerprint density at radius 2 is 1.68 bits per heavy atom. The molecule has 0 aliphatic rings. The number of likely N-dealkylation sites (N-methyl/N-ethyl adjacent to an activating group) is 1. The Morgan fingerprint density at radius 1 is 1.11 bits per heavy atom. The average Bonchev–Trinajstić information content (AvgIpc) is 2.59. The molecule has 1 aromatic carbocycles. The second-order valence-corrected chi connectivity index (χ2v) is 7.96. The second-order valence-electron chi connectivity index (χ2n) is 7.96. The summed E-state index contributed by atoms with van der Waals surface area (Å²) in [7, 11) is 1.43. The fraction of sp³-hybridized carbons (Fsp3) is 0.550. The Bertz CT molecular complexity index is 682. The number of carbonyl (C=O) groups excluding carboxylic acids is 2. The molecule has 2 N–H and O–H groups in total. The topological polar surface area (TPSA) is 105 Å². The quantitative estimate of drug-likeness (QED) is 0.702. The zero-order valence-electron chi connectivity index (χ0n) is 17.3. The van der Waals surface area contributed by atoms with Crippen LogP contribution in [0.15, 0.2) is 30.3 Å². The van der Waals surface area contributed by atoms with Crippen LogP contribution in [0, 0.1) is 0 Å². The van der Waals surface area contributed by atoms with Gasteiger partial charge in [-0.1, -0.05) is 30.3 Å². The van der Waals surface area contributed by atoms with Crippen molar-refractivity contribution in [2.45, 2.75) is 58.4 Å². The lowest BCUT2D eigenvalue weighted by atomic mass is 10.0. The second kappa shape index (κ2) is 9.54. The van der Waals surface area contributed by atoms with Crippen LogP contribution in [-0.4, -0.2) is 58.8 Å². The summed E-state index contributed by atoms with van der Waals surface area (Å²) in [5, 5.41) is 11.8. The fourth-order valence-corrected chi connectivity index (χ4v) is 2.09. The van der Waals surface area contributed by atoms with Gasteiger partial charge in [-0.3, -0.25) is 9.69 Å². The van der Waals surface area contributed by atoms with E-state index in [1.165, 1.54) is 20.9 Å². The minimum absolute atomic E-state index is 0.206. The van der Waals surface area contributed by atoms with Crippen molar-refractivity contribution < 1.29 is 29.0 Å². The number of hydrogen-bond donors (Lipinski definition) is 2. The van der Waals surface area contributed by atoms with Gasteiger partial charge in [-0.25, -0.2) is 9.59 Å². The smallest absolute Gasteiger partial charge is 0.410 e. The van der Waals surface area contributed by atoms with E-state index in [2.05, 4.69) is 5.32 Å². The number of carbonyl (C=O) groups is 3. The minimum atomic E-state index is -1.32. The molecular formula is C20H30N2O6. The SMILES string of the molecule is CN(C(=O)OC(C)(C)C)C(C)(C)C(=O)N[C@H](COCc1ccccc1)C(=O)O. The Balaban J connectivity index is 2.70. The molecule has 2 amide bonds. The maximum atomic E-state index is 12.6. The van der Waals surface area contributed by atoms with Crippen LogP contribution in [-0.2, 0) is 25.7 Å². The summed E-state index contributed by atoms with van der Waals surface area (Å²) in [4.78, 5) is 37.5. The van der Waals surface area contributed by atoms with Gasteiger partial charge >= 0.3 is 12.1 Å². The number of benzene rings is 1. The van der Waals surface area contributed by atoms with E-state index in [0.717, 1.165) is 10.5 Å². The molecule has 0 aliphatic carbocycles. The highest BCUT2D eigenvalue weighted by molar-refractivity contribution is 5.92. The third-order valence-electron chi connectivity index (χ3n) is 4.06. The van der Waals surface area contributed by atoms with Crippen molar-refractivity contribution in [3.63, 3.8) is 0 Å². The molecule has 0 bridgehead atoms. The Kier molecular flexibility index (Phi) is 7.99. The molecule has 28 heavy (non-hydrogen) atoms. The number of rotatable bonds is 8. The maximum Gasteiger partial charge on any atom is 0.410 e. The lowest BCUT2D eigenvalue weighted by Gasteiger charge is -2.36. The van der Waals surface area contributed by atoms with Gasteiger partial charge in [-0.2, -0.15) is 0 Å². The Labute approximate surface area is 165 Å². The van der Waals surface area contributed by atoms with E-state index in [9.17, 15) is 19.5 Å². The molecule has 0 saturated carbocycles. The molecule has 156 valence electrons. The number of amides is 2. The number of nitrogens with zero attached hydrogens (tertiary/aromatic N) is 1. The average molecular weight is 394 g/mol. The predicted molar refractivity (Wildman–Crippen MR) is 104 cm³/mol. The van der Waals surface area contributed by atoms with Gasteiger partial charge in [0, 0.05) is 7.05 Å². The summed E-state index contributed by atoms with van der Waals surface area (Å²) in [6.45, 7) is 8.19. The maximum absolute atomic E-state index is 12.6. The van der Waals surface area contributed by atoms with Crippen molar-refractivity contribution in [1.29, 1.82) is 0 Å². The number of carboxylic acids is 1. The summed E-state index contributed by atoms with van der Waals surface area (Å²) in [6, 6.07) is 8.03. The van der Waals surface area contributed by atoms with Crippen LogP contribution in [0.3, 0.4) is 0 Å². The molecule has 0 unspecified atom stereocenters. The van der Waals surface area contributed by atoms with Crippen molar-refractivity contribution in [3.05, 3.63) is 35.9 Å². The molecule has 0 radical (unpaired) electrons.